The van der Waals surface area contributed by atoms with Gasteiger partial charge in [0, 0.05) is 110 Å². The van der Waals surface area contributed by atoms with Crippen molar-refractivity contribution in [3.05, 3.63) is 23.8 Å². The fourth-order valence-electron chi connectivity index (χ4n) is 9.24. The molecule has 0 spiro atoms. The van der Waals surface area contributed by atoms with E-state index < -0.39 is 28.2 Å². The Labute approximate surface area is 609 Å². The molecule has 0 aliphatic carbocycles. The van der Waals surface area contributed by atoms with Crippen LogP contribution in [0, 0.1) is 0 Å². The Kier molecular flexibility index (Phi) is 50.3. The van der Waals surface area contributed by atoms with Gasteiger partial charge in [-0.25, -0.2) is 0 Å². The molecular formula is C73H134N6O23. The second-order valence-electron chi connectivity index (χ2n) is 28.6. The van der Waals surface area contributed by atoms with Crippen LogP contribution in [0.4, 0.5) is 5.69 Å². The molecule has 0 aliphatic heterocycles. The Morgan fingerprint density at radius 3 is 0.990 bits per heavy atom. The zero-order valence-corrected chi connectivity index (χ0v) is 65.1. The summed E-state index contributed by atoms with van der Waals surface area (Å²) in [6.07, 6.45) is 4.09. The number of amides is 5. The van der Waals surface area contributed by atoms with Crippen molar-refractivity contribution in [2.75, 3.05) is 212 Å². The lowest BCUT2D eigenvalue weighted by Crippen LogP contribution is -2.59. The Morgan fingerprint density at radius 1 is 0.353 bits per heavy atom. The average Bonchev–Trinajstić information content (AvgIpc) is 0.861. The summed E-state index contributed by atoms with van der Waals surface area (Å²) < 4.78 is 98.7. The normalized spacial score (nSPS) is 12.5. The first-order valence-corrected chi connectivity index (χ1v) is 35.9. The van der Waals surface area contributed by atoms with E-state index in [0.717, 1.165) is 19.3 Å². The standard InChI is InChI=1S/C73H134N6O23/c1-58(80)60-18-17-59(53-61(60)74)96-54-66(85)78-29-43-90-48-50-92-52-51-91-49-47-89-33-22-65(84)79-73(55-93-34-19-62(81)75-30-44-100-70(8,9)26-40-97-67(2,3)23-37-86-14,56-94-35-20-63(82)76-31-45-101-71(10,11)27-41-98-68(4,5)24-38-87-15)57-95-36-21-64(83)77-32-46-102-72(12,13)28-42-99-69(6,7)25-39-88-16/h17-18,53H,19-52,54-57,74H2,1-16H3,(H,75,81)(H,76,82)(H,77,83)(H,78,85)(H,79,84). The molecular weight excluding hydrogens is 1330 g/mol. The number of anilines is 1. The van der Waals surface area contributed by atoms with Crippen molar-refractivity contribution >= 4 is 41.0 Å². The zero-order valence-electron chi connectivity index (χ0n) is 65.1. The van der Waals surface area contributed by atoms with Crippen LogP contribution in [0.15, 0.2) is 18.2 Å². The highest BCUT2D eigenvalue weighted by molar-refractivity contribution is 5.99. The molecule has 0 saturated carbocycles. The monoisotopic (exact) mass is 1460 g/mol. The van der Waals surface area contributed by atoms with Crippen LogP contribution in [-0.4, -0.2) is 281 Å². The fraction of sp³-hybridized carbons (Fsp3) is 0.836. The van der Waals surface area contributed by atoms with Gasteiger partial charge in [-0.15, -0.1) is 0 Å². The Bertz CT molecular complexity index is 2270. The first-order valence-electron chi connectivity index (χ1n) is 35.9. The molecule has 0 radical (unpaired) electrons. The van der Waals surface area contributed by atoms with Crippen LogP contribution >= 0.6 is 0 Å². The van der Waals surface area contributed by atoms with Crippen molar-refractivity contribution in [3.63, 3.8) is 0 Å². The van der Waals surface area contributed by atoms with E-state index in [-0.39, 0.29) is 203 Å². The molecule has 29 nitrogen and oxygen atoms in total. The average molecular weight is 1460 g/mol. The molecule has 0 heterocycles. The van der Waals surface area contributed by atoms with E-state index in [1.807, 2.05) is 83.1 Å². The number of methoxy groups -OCH3 is 3. The van der Waals surface area contributed by atoms with E-state index in [1.54, 1.807) is 33.5 Å². The van der Waals surface area contributed by atoms with Crippen LogP contribution < -0.4 is 37.1 Å². The number of benzene rings is 1. The topological polar surface area (TPSA) is 345 Å². The number of ether oxygens (including phenoxy) is 17. The van der Waals surface area contributed by atoms with E-state index in [2.05, 4.69) is 26.6 Å². The van der Waals surface area contributed by atoms with Crippen molar-refractivity contribution in [1.82, 2.24) is 26.6 Å². The highest BCUT2D eigenvalue weighted by Gasteiger charge is 2.35. The van der Waals surface area contributed by atoms with Gasteiger partial charge in [-0.3, -0.25) is 28.8 Å². The lowest BCUT2D eigenvalue weighted by Gasteiger charge is -2.34. The number of nitrogens with two attached hydrogens (primary N) is 1. The molecule has 7 N–H and O–H groups in total. The van der Waals surface area contributed by atoms with Gasteiger partial charge in [0.05, 0.1) is 166 Å². The number of rotatable bonds is 68. The van der Waals surface area contributed by atoms with E-state index >= 15 is 0 Å². The molecule has 0 aliphatic rings. The maximum Gasteiger partial charge on any atom is 0.258 e. The number of nitrogen functional groups attached to an aromatic ring is 1. The number of hydrogen-bond donors (Lipinski definition) is 6. The maximum absolute atomic E-state index is 13.9. The summed E-state index contributed by atoms with van der Waals surface area (Å²) in [4.78, 5) is 77.1. The molecule has 1 rings (SSSR count). The molecule has 29 heteroatoms. The third-order valence-corrected chi connectivity index (χ3v) is 16.0. The molecule has 0 atom stereocenters. The van der Waals surface area contributed by atoms with Gasteiger partial charge in [0.15, 0.2) is 12.4 Å². The van der Waals surface area contributed by atoms with E-state index in [1.165, 1.54) is 13.0 Å². The van der Waals surface area contributed by atoms with Gasteiger partial charge in [-0.2, -0.15) is 0 Å². The van der Waals surface area contributed by atoms with Gasteiger partial charge < -0.3 is 113 Å². The summed E-state index contributed by atoms with van der Waals surface area (Å²) in [5, 5.41) is 14.4. The van der Waals surface area contributed by atoms with Crippen LogP contribution in [0.1, 0.15) is 165 Å². The molecule has 1 aromatic rings. The molecule has 5 amide bonds. The predicted molar refractivity (Wildman–Crippen MR) is 387 cm³/mol. The molecule has 0 bridgehead atoms. The van der Waals surface area contributed by atoms with E-state index in [4.69, 9.17) is 86.3 Å². The second-order valence-corrected chi connectivity index (χ2v) is 28.6. The number of carbonyl (C=O) groups excluding carboxylic acids is 6. The minimum Gasteiger partial charge on any atom is -0.484 e. The Hall–Kier alpha value is -4.80. The van der Waals surface area contributed by atoms with Crippen molar-refractivity contribution in [2.24, 2.45) is 0 Å². The van der Waals surface area contributed by atoms with Crippen molar-refractivity contribution in [3.8, 4) is 5.75 Å². The smallest absolute Gasteiger partial charge is 0.258 e. The highest BCUT2D eigenvalue weighted by atomic mass is 16.6. The molecule has 0 aromatic heterocycles. The van der Waals surface area contributed by atoms with Gasteiger partial charge >= 0.3 is 0 Å². The first-order chi connectivity index (χ1) is 48.2. The molecule has 102 heavy (non-hydrogen) atoms. The molecule has 0 unspecified atom stereocenters. The van der Waals surface area contributed by atoms with Crippen LogP contribution in [0.5, 0.6) is 5.75 Å². The minimum absolute atomic E-state index is 0.0135. The lowest BCUT2D eigenvalue weighted by atomic mass is 10.0. The molecule has 0 saturated heterocycles. The van der Waals surface area contributed by atoms with Gasteiger partial charge in [0.1, 0.15) is 11.3 Å². The molecule has 594 valence electrons. The summed E-state index contributed by atoms with van der Waals surface area (Å²) in [5.74, 6) is -1.39. The van der Waals surface area contributed by atoms with Crippen molar-refractivity contribution in [1.29, 1.82) is 0 Å². The van der Waals surface area contributed by atoms with Crippen LogP contribution in [0.25, 0.3) is 0 Å². The summed E-state index contributed by atoms with van der Waals surface area (Å²) in [6, 6.07) is 4.63. The van der Waals surface area contributed by atoms with E-state index in [0.29, 0.717) is 90.0 Å². The number of nitrogens with one attached hydrogen (secondary N) is 5. The Morgan fingerprint density at radius 2 is 0.647 bits per heavy atom. The number of hydrogen-bond acceptors (Lipinski definition) is 24. The fourth-order valence-corrected chi connectivity index (χ4v) is 9.24. The number of ketones is 1. The van der Waals surface area contributed by atoms with Crippen LogP contribution in [0.2, 0.25) is 0 Å². The summed E-state index contributed by atoms with van der Waals surface area (Å²) >= 11 is 0. The van der Waals surface area contributed by atoms with Gasteiger partial charge in [0.2, 0.25) is 23.6 Å². The van der Waals surface area contributed by atoms with Crippen molar-refractivity contribution in [2.45, 2.75) is 193 Å². The third-order valence-electron chi connectivity index (χ3n) is 16.0. The SMILES string of the molecule is COCCC(C)(C)OCCC(C)(C)OCCNC(=O)CCOCC(COCCC(=O)NCCOC(C)(C)CCOC(C)(C)CCOC)(COCCC(=O)NCCOC(C)(C)CCOC(C)(C)CCOC)NC(=O)CCOCCOCCOCCOCCNC(=O)COc1ccc(C(C)=O)c(N)c1. The summed E-state index contributed by atoms with van der Waals surface area (Å²) in [5.41, 5.74) is 2.67. The van der Waals surface area contributed by atoms with Gasteiger partial charge in [-0.05, 0) is 141 Å². The Balaban J connectivity index is 2.98. The minimum atomic E-state index is -1.36. The van der Waals surface area contributed by atoms with Gasteiger partial charge in [-0.1, -0.05) is 0 Å². The quantitative estimate of drug-likeness (QED) is 0.0251. The molecule has 1 aromatic carbocycles. The van der Waals surface area contributed by atoms with Crippen molar-refractivity contribution < 1.29 is 109 Å². The highest BCUT2D eigenvalue weighted by Crippen LogP contribution is 2.24. The zero-order chi connectivity index (χ0) is 76.2. The lowest BCUT2D eigenvalue weighted by molar-refractivity contribution is -0.131. The number of Topliss-reactive ketones (excluding diaryl/α,β-unsaturated/α-hetero) is 1. The summed E-state index contributed by atoms with van der Waals surface area (Å²) in [7, 11) is 4.99. The molecule has 0 fully saturated rings. The maximum atomic E-state index is 13.9. The third kappa shape index (κ3) is 52.2. The van der Waals surface area contributed by atoms with Gasteiger partial charge in [0.25, 0.3) is 5.91 Å². The number of carbonyl (C=O) groups is 6. The van der Waals surface area contributed by atoms with E-state index in [9.17, 15) is 28.8 Å². The van der Waals surface area contributed by atoms with Crippen LogP contribution in [0.3, 0.4) is 0 Å². The first kappa shape index (κ1) is 95.2. The predicted octanol–water partition coefficient (Wildman–Crippen LogP) is 5.90. The van der Waals surface area contributed by atoms with Crippen LogP contribution in [-0.2, 0) is 99.8 Å². The largest absolute Gasteiger partial charge is 0.484 e. The second kappa shape index (κ2) is 53.9. The summed E-state index contributed by atoms with van der Waals surface area (Å²) in [6.45, 7) is 31.6.